The summed E-state index contributed by atoms with van der Waals surface area (Å²) in [5.41, 5.74) is 1.96. The van der Waals surface area contributed by atoms with Crippen molar-refractivity contribution in [2.24, 2.45) is 0 Å². The fourth-order valence-corrected chi connectivity index (χ4v) is 2.55. The number of halogens is 1. The maximum Gasteiger partial charge on any atom is 0.138 e. The first-order chi connectivity index (χ1) is 9.72. The summed E-state index contributed by atoms with van der Waals surface area (Å²) < 4.78 is 11.9. The lowest BCUT2D eigenvalue weighted by Crippen LogP contribution is -2.16. The van der Waals surface area contributed by atoms with Gasteiger partial charge in [-0.1, -0.05) is 17.3 Å². The predicted octanol–water partition coefficient (Wildman–Crippen LogP) is 3.58. The summed E-state index contributed by atoms with van der Waals surface area (Å²) in [6.07, 6.45) is 2.56. The van der Waals surface area contributed by atoms with Gasteiger partial charge in [0.1, 0.15) is 23.8 Å². The molecular formula is C15H17BrN2O2. The molecule has 1 aliphatic rings. The van der Waals surface area contributed by atoms with Crippen molar-refractivity contribution in [3.05, 3.63) is 45.8 Å². The minimum atomic E-state index is 0.413. The van der Waals surface area contributed by atoms with Crippen LogP contribution in [0, 0.1) is 6.92 Å². The van der Waals surface area contributed by atoms with E-state index in [1.54, 1.807) is 0 Å². The molecule has 106 valence electrons. The molecule has 1 aromatic carbocycles. The van der Waals surface area contributed by atoms with E-state index in [9.17, 15) is 0 Å². The Balaban J connectivity index is 1.69. The lowest BCUT2D eigenvalue weighted by atomic mass is 10.2. The fraction of sp³-hybridized carbons (Fsp3) is 0.400. The van der Waals surface area contributed by atoms with Crippen LogP contribution in [0.2, 0.25) is 0 Å². The van der Waals surface area contributed by atoms with Gasteiger partial charge in [-0.05, 0) is 41.8 Å². The second kappa shape index (κ2) is 5.97. The minimum absolute atomic E-state index is 0.413. The van der Waals surface area contributed by atoms with E-state index in [1.807, 2.05) is 25.1 Å². The lowest BCUT2D eigenvalue weighted by molar-refractivity contribution is 0.283. The second-order valence-electron chi connectivity index (χ2n) is 5.10. The van der Waals surface area contributed by atoms with E-state index in [0.717, 1.165) is 33.8 Å². The molecule has 1 aliphatic carbocycles. The van der Waals surface area contributed by atoms with E-state index >= 15 is 0 Å². The summed E-state index contributed by atoms with van der Waals surface area (Å²) in [6, 6.07) is 8.67. The van der Waals surface area contributed by atoms with Crippen LogP contribution in [-0.4, -0.2) is 11.2 Å². The van der Waals surface area contributed by atoms with Crippen molar-refractivity contribution in [2.75, 3.05) is 0 Å². The number of nitrogens with zero attached hydrogens (tertiary/aromatic N) is 1. The second-order valence-corrected chi connectivity index (χ2v) is 5.96. The van der Waals surface area contributed by atoms with Gasteiger partial charge in [-0.15, -0.1) is 0 Å². The van der Waals surface area contributed by atoms with Gasteiger partial charge < -0.3 is 14.6 Å². The average Bonchev–Trinajstić information content (AvgIpc) is 3.17. The van der Waals surface area contributed by atoms with Crippen molar-refractivity contribution in [3.8, 4) is 5.75 Å². The van der Waals surface area contributed by atoms with Crippen LogP contribution in [0.5, 0.6) is 5.75 Å². The Bertz CT molecular complexity index is 593. The molecule has 1 saturated carbocycles. The maximum absolute atomic E-state index is 5.91. The Hall–Kier alpha value is -1.33. The zero-order valence-electron chi connectivity index (χ0n) is 11.4. The normalized spacial score (nSPS) is 14.5. The van der Waals surface area contributed by atoms with Gasteiger partial charge in [-0.3, -0.25) is 0 Å². The molecule has 1 heterocycles. The standard InChI is InChI=1S/C15H17BrN2O2/c1-10-7-13(18-20-10)9-19-15-11(3-2-4-14(15)16)8-17-12-5-6-12/h2-4,7,12,17H,5-6,8-9H2,1H3. The quantitative estimate of drug-likeness (QED) is 0.875. The first kappa shape index (κ1) is 13.6. The van der Waals surface area contributed by atoms with Gasteiger partial charge in [0, 0.05) is 24.2 Å². The topological polar surface area (TPSA) is 47.3 Å². The van der Waals surface area contributed by atoms with Crippen LogP contribution in [0.15, 0.2) is 33.3 Å². The molecular weight excluding hydrogens is 320 g/mol. The zero-order chi connectivity index (χ0) is 13.9. The highest BCUT2D eigenvalue weighted by Crippen LogP contribution is 2.30. The fourth-order valence-electron chi connectivity index (χ4n) is 2.03. The highest BCUT2D eigenvalue weighted by Gasteiger charge is 2.21. The van der Waals surface area contributed by atoms with Crippen LogP contribution < -0.4 is 10.1 Å². The van der Waals surface area contributed by atoms with Crippen LogP contribution in [0.4, 0.5) is 0 Å². The summed E-state index contributed by atoms with van der Waals surface area (Å²) in [6.45, 7) is 3.12. The molecule has 20 heavy (non-hydrogen) atoms. The number of aromatic nitrogens is 1. The van der Waals surface area contributed by atoms with Crippen molar-refractivity contribution < 1.29 is 9.26 Å². The number of rotatable bonds is 6. The van der Waals surface area contributed by atoms with Crippen molar-refractivity contribution in [3.63, 3.8) is 0 Å². The van der Waals surface area contributed by atoms with E-state index in [-0.39, 0.29) is 0 Å². The molecule has 0 atom stereocenters. The smallest absolute Gasteiger partial charge is 0.138 e. The maximum atomic E-state index is 5.91. The lowest BCUT2D eigenvalue weighted by Gasteiger charge is -2.13. The molecule has 1 aromatic heterocycles. The number of para-hydroxylation sites is 1. The SMILES string of the molecule is Cc1cc(COc2c(Br)cccc2CNC2CC2)no1. The predicted molar refractivity (Wildman–Crippen MR) is 79.6 cm³/mol. The molecule has 0 amide bonds. The molecule has 0 radical (unpaired) electrons. The van der Waals surface area contributed by atoms with Crippen molar-refractivity contribution >= 4 is 15.9 Å². The highest BCUT2D eigenvalue weighted by atomic mass is 79.9. The third kappa shape index (κ3) is 3.41. The Labute approximate surface area is 126 Å². The van der Waals surface area contributed by atoms with E-state index in [4.69, 9.17) is 9.26 Å². The number of hydrogen-bond acceptors (Lipinski definition) is 4. The Morgan fingerprint density at radius 3 is 3.00 bits per heavy atom. The summed E-state index contributed by atoms with van der Waals surface area (Å²) in [4.78, 5) is 0. The number of hydrogen-bond donors (Lipinski definition) is 1. The highest BCUT2D eigenvalue weighted by molar-refractivity contribution is 9.10. The molecule has 1 N–H and O–H groups in total. The monoisotopic (exact) mass is 336 g/mol. The van der Waals surface area contributed by atoms with Crippen molar-refractivity contribution in [1.29, 1.82) is 0 Å². The first-order valence-corrected chi connectivity index (χ1v) is 7.57. The molecule has 0 spiro atoms. The molecule has 0 aliphatic heterocycles. The van der Waals surface area contributed by atoms with Gasteiger partial charge in [0.2, 0.25) is 0 Å². The molecule has 5 heteroatoms. The molecule has 0 saturated heterocycles. The van der Waals surface area contributed by atoms with Gasteiger partial charge in [0.15, 0.2) is 0 Å². The minimum Gasteiger partial charge on any atom is -0.486 e. The summed E-state index contributed by atoms with van der Waals surface area (Å²) in [5.74, 6) is 1.67. The molecule has 0 unspecified atom stereocenters. The van der Waals surface area contributed by atoms with Crippen LogP contribution in [0.25, 0.3) is 0 Å². The molecule has 4 nitrogen and oxygen atoms in total. The third-order valence-electron chi connectivity index (χ3n) is 3.25. The van der Waals surface area contributed by atoms with Gasteiger partial charge in [-0.2, -0.15) is 0 Å². The molecule has 3 rings (SSSR count). The van der Waals surface area contributed by atoms with Crippen LogP contribution in [0.3, 0.4) is 0 Å². The van der Waals surface area contributed by atoms with Crippen LogP contribution in [0.1, 0.15) is 29.9 Å². The summed E-state index contributed by atoms with van der Waals surface area (Å²) in [7, 11) is 0. The third-order valence-corrected chi connectivity index (χ3v) is 3.87. The van der Waals surface area contributed by atoms with Crippen LogP contribution in [-0.2, 0) is 13.2 Å². The van der Waals surface area contributed by atoms with Gasteiger partial charge in [0.05, 0.1) is 4.47 Å². The Morgan fingerprint density at radius 1 is 1.45 bits per heavy atom. The number of benzene rings is 1. The molecule has 2 aromatic rings. The Morgan fingerprint density at radius 2 is 2.30 bits per heavy atom. The van der Waals surface area contributed by atoms with Crippen molar-refractivity contribution in [2.45, 2.75) is 39.0 Å². The van der Waals surface area contributed by atoms with E-state index in [2.05, 4.69) is 32.5 Å². The van der Waals surface area contributed by atoms with Gasteiger partial charge in [0.25, 0.3) is 0 Å². The Kier molecular flexibility index (Phi) is 4.08. The van der Waals surface area contributed by atoms with Crippen LogP contribution >= 0.6 is 15.9 Å². The number of ether oxygens (including phenoxy) is 1. The van der Waals surface area contributed by atoms with E-state index in [0.29, 0.717) is 12.6 Å². The van der Waals surface area contributed by atoms with E-state index in [1.165, 1.54) is 12.8 Å². The average molecular weight is 337 g/mol. The molecule has 1 fully saturated rings. The first-order valence-electron chi connectivity index (χ1n) is 6.78. The molecule has 0 bridgehead atoms. The van der Waals surface area contributed by atoms with Gasteiger partial charge in [-0.25, -0.2) is 0 Å². The summed E-state index contributed by atoms with van der Waals surface area (Å²) >= 11 is 3.55. The van der Waals surface area contributed by atoms with E-state index < -0.39 is 0 Å². The number of aryl methyl sites for hydroxylation is 1. The zero-order valence-corrected chi connectivity index (χ0v) is 12.9. The van der Waals surface area contributed by atoms with Crippen molar-refractivity contribution in [1.82, 2.24) is 10.5 Å². The number of nitrogens with one attached hydrogen (secondary N) is 1. The largest absolute Gasteiger partial charge is 0.486 e. The van der Waals surface area contributed by atoms with Gasteiger partial charge >= 0.3 is 0 Å². The summed E-state index contributed by atoms with van der Waals surface area (Å²) in [5, 5.41) is 7.45.